The lowest BCUT2D eigenvalue weighted by molar-refractivity contribution is 0.180. The normalized spacial score (nSPS) is 21.8. The molecule has 0 spiro atoms. The second-order valence-electron chi connectivity index (χ2n) is 6.55. The van der Waals surface area contributed by atoms with Crippen LogP contribution in [0.2, 0.25) is 0 Å². The molecule has 1 nitrogen and oxygen atoms in total. The quantitative estimate of drug-likeness (QED) is 0.634. The van der Waals surface area contributed by atoms with Crippen LogP contribution in [0.1, 0.15) is 45.1 Å². The van der Waals surface area contributed by atoms with Crippen molar-refractivity contribution in [3.63, 3.8) is 0 Å². The van der Waals surface area contributed by atoms with Gasteiger partial charge >= 0.3 is 0 Å². The SMILES string of the molecule is C=C1CCCC(C)(C)C1CCc1cc(OC)ccc1Br. The number of halogens is 1. The second kappa shape index (κ2) is 6.34. The molecule has 1 aliphatic rings. The van der Waals surface area contributed by atoms with Gasteiger partial charge in [-0.2, -0.15) is 0 Å². The highest BCUT2D eigenvalue weighted by atomic mass is 79.9. The fourth-order valence-corrected chi connectivity index (χ4v) is 3.88. The van der Waals surface area contributed by atoms with Crippen LogP contribution in [0.5, 0.6) is 5.75 Å². The van der Waals surface area contributed by atoms with E-state index in [2.05, 4.69) is 48.5 Å². The molecule has 1 aromatic rings. The Kier molecular flexibility index (Phi) is 4.95. The lowest BCUT2D eigenvalue weighted by atomic mass is 9.65. The fourth-order valence-electron chi connectivity index (χ4n) is 3.44. The predicted octanol–water partition coefficient (Wildman–Crippen LogP) is 5.77. The maximum Gasteiger partial charge on any atom is 0.119 e. The molecule has 0 aliphatic heterocycles. The van der Waals surface area contributed by atoms with Crippen LogP contribution in [0.3, 0.4) is 0 Å². The summed E-state index contributed by atoms with van der Waals surface area (Å²) < 4.78 is 6.50. The smallest absolute Gasteiger partial charge is 0.119 e. The highest BCUT2D eigenvalue weighted by Crippen LogP contribution is 2.45. The summed E-state index contributed by atoms with van der Waals surface area (Å²) in [7, 11) is 1.72. The lowest BCUT2D eigenvalue weighted by Crippen LogP contribution is -2.29. The van der Waals surface area contributed by atoms with Gasteiger partial charge in [-0.25, -0.2) is 0 Å². The zero-order chi connectivity index (χ0) is 14.8. The Morgan fingerprint density at radius 1 is 1.40 bits per heavy atom. The Balaban J connectivity index is 2.09. The number of hydrogen-bond acceptors (Lipinski definition) is 1. The van der Waals surface area contributed by atoms with E-state index < -0.39 is 0 Å². The molecule has 2 rings (SSSR count). The van der Waals surface area contributed by atoms with Crippen molar-refractivity contribution in [2.75, 3.05) is 7.11 Å². The molecule has 1 unspecified atom stereocenters. The average Bonchev–Trinajstić information content (AvgIpc) is 2.39. The van der Waals surface area contributed by atoms with Gasteiger partial charge in [-0.15, -0.1) is 0 Å². The Morgan fingerprint density at radius 3 is 2.80 bits per heavy atom. The van der Waals surface area contributed by atoms with Gasteiger partial charge in [0.05, 0.1) is 7.11 Å². The van der Waals surface area contributed by atoms with E-state index in [1.165, 1.54) is 41.3 Å². The number of methoxy groups -OCH3 is 1. The Morgan fingerprint density at radius 2 is 2.15 bits per heavy atom. The maximum absolute atomic E-state index is 5.33. The molecule has 0 bridgehead atoms. The topological polar surface area (TPSA) is 9.23 Å². The van der Waals surface area contributed by atoms with Crippen LogP contribution in [0.4, 0.5) is 0 Å². The molecule has 1 aliphatic carbocycles. The van der Waals surface area contributed by atoms with Crippen LogP contribution >= 0.6 is 15.9 Å². The van der Waals surface area contributed by atoms with Crippen molar-refractivity contribution in [3.05, 3.63) is 40.4 Å². The van der Waals surface area contributed by atoms with Crippen LogP contribution < -0.4 is 4.74 Å². The number of aryl methyl sites for hydroxylation is 1. The molecule has 20 heavy (non-hydrogen) atoms. The molecule has 0 radical (unpaired) electrons. The fraction of sp³-hybridized carbons (Fsp3) is 0.556. The van der Waals surface area contributed by atoms with Gasteiger partial charge in [0.1, 0.15) is 5.75 Å². The Bertz CT molecular complexity index is 490. The summed E-state index contributed by atoms with van der Waals surface area (Å²) in [6, 6.07) is 6.22. The number of allylic oxidation sites excluding steroid dienone is 1. The van der Waals surface area contributed by atoms with E-state index in [0.717, 1.165) is 12.2 Å². The third-order valence-corrected chi connectivity index (χ3v) is 5.48. The molecule has 1 fully saturated rings. The molecule has 1 aromatic carbocycles. The van der Waals surface area contributed by atoms with Crippen molar-refractivity contribution in [1.29, 1.82) is 0 Å². The minimum atomic E-state index is 0.390. The highest BCUT2D eigenvalue weighted by molar-refractivity contribution is 9.10. The zero-order valence-corrected chi connectivity index (χ0v) is 14.4. The standard InChI is InChI=1S/C18H25BrO/c1-13-6-5-11-18(2,3)16(13)9-7-14-12-15(20-4)8-10-17(14)19/h8,10,12,16H,1,5-7,9,11H2,2-4H3. The van der Waals surface area contributed by atoms with Crippen LogP contribution in [0, 0.1) is 11.3 Å². The molecular formula is C18H25BrO. The van der Waals surface area contributed by atoms with Crippen molar-refractivity contribution in [1.82, 2.24) is 0 Å². The van der Waals surface area contributed by atoms with E-state index in [0.29, 0.717) is 11.3 Å². The van der Waals surface area contributed by atoms with Gasteiger partial charge in [-0.05, 0) is 67.2 Å². The van der Waals surface area contributed by atoms with Gasteiger partial charge in [0.25, 0.3) is 0 Å². The van der Waals surface area contributed by atoms with E-state index in [9.17, 15) is 0 Å². The summed E-state index contributed by atoms with van der Waals surface area (Å²) in [6.07, 6.45) is 6.07. The highest BCUT2D eigenvalue weighted by Gasteiger charge is 2.34. The van der Waals surface area contributed by atoms with E-state index in [1.54, 1.807) is 7.11 Å². The molecular weight excluding hydrogens is 312 g/mol. The van der Waals surface area contributed by atoms with Crippen molar-refractivity contribution in [3.8, 4) is 5.75 Å². The van der Waals surface area contributed by atoms with Gasteiger partial charge in [0.2, 0.25) is 0 Å². The molecule has 2 heteroatoms. The van der Waals surface area contributed by atoms with Gasteiger partial charge in [-0.1, -0.05) is 41.9 Å². The van der Waals surface area contributed by atoms with Gasteiger partial charge in [-0.3, -0.25) is 0 Å². The summed E-state index contributed by atoms with van der Waals surface area (Å²) in [6.45, 7) is 9.11. The summed E-state index contributed by atoms with van der Waals surface area (Å²) in [5.74, 6) is 1.57. The van der Waals surface area contributed by atoms with Crippen LogP contribution in [-0.4, -0.2) is 7.11 Å². The third-order valence-electron chi connectivity index (χ3n) is 4.71. The Labute approximate surface area is 131 Å². The monoisotopic (exact) mass is 336 g/mol. The summed E-state index contributed by atoms with van der Waals surface area (Å²) in [5, 5.41) is 0. The van der Waals surface area contributed by atoms with Gasteiger partial charge in [0, 0.05) is 4.47 Å². The molecule has 110 valence electrons. The zero-order valence-electron chi connectivity index (χ0n) is 12.8. The largest absolute Gasteiger partial charge is 0.497 e. The first-order valence-corrected chi connectivity index (χ1v) is 8.23. The summed E-state index contributed by atoms with van der Waals surface area (Å²) in [5.41, 5.74) is 3.17. The van der Waals surface area contributed by atoms with E-state index >= 15 is 0 Å². The van der Waals surface area contributed by atoms with E-state index in [4.69, 9.17) is 4.74 Å². The molecule has 0 amide bonds. The molecule has 0 aromatic heterocycles. The van der Waals surface area contributed by atoms with E-state index in [1.807, 2.05) is 6.07 Å². The van der Waals surface area contributed by atoms with Crippen LogP contribution in [-0.2, 0) is 6.42 Å². The lowest BCUT2D eigenvalue weighted by Gasteiger charge is -2.40. The van der Waals surface area contributed by atoms with Gasteiger partial charge in [0.15, 0.2) is 0 Å². The summed E-state index contributed by atoms with van der Waals surface area (Å²) in [4.78, 5) is 0. The summed E-state index contributed by atoms with van der Waals surface area (Å²) >= 11 is 3.65. The number of hydrogen-bond donors (Lipinski definition) is 0. The van der Waals surface area contributed by atoms with Crippen LogP contribution in [0.25, 0.3) is 0 Å². The van der Waals surface area contributed by atoms with Crippen molar-refractivity contribution in [2.45, 2.75) is 46.0 Å². The molecule has 0 saturated heterocycles. The minimum absolute atomic E-state index is 0.390. The number of rotatable bonds is 4. The van der Waals surface area contributed by atoms with E-state index in [-0.39, 0.29) is 0 Å². The van der Waals surface area contributed by atoms with Crippen molar-refractivity contribution < 1.29 is 4.74 Å². The number of ether oxygens (including phenoxy) is 1. The molecule has 0 heterocycles. The minimum Gasteiger partial charge on any atom is -0.497 e. The van der Waals surface area contributed by atoms with Gasteiger partial charge < -0.3 is 4.74 Å². The third kappa shape index (κ3) is 3.46. The van der Waals surface area contributed by atoms with Crippen molar-refractivity contribution in [2.24, 2.45) is 11.3 Å². The molecule has 0 N–H and O–H groups in total. The van der Waals surface area contributed by atoms with Crippen LogP contribution in [0.15, 0.2) is 34.8 Å². The molecule has 1 atom stereocenters. The Hall–Kier alpha value is -0.760. The first kappa shape index (κ1) is 15.6. The maximum atomic E-state index is 5.33. The number of benzene rings is 1. The van der Waals surface area contributed by atoms with Crippen molar-refractivity contribution >= 4 is 15.9 Å². The first-order chi connectivity index (χ1) is 9.44. The molecule has 1 saturated carbocycles. The second-order valence-corrected chi connectivity index (χ2v) is 7.40. The average molecular weight is 337 g/mol. The first-order valence-electron chi connectivity index (χ1n) is 7.44. The predicted molar refractivity (Wildman–Crippen MR) is 89.3 cm³/mol.